The van der Waals surface area contributed by atoms with Crippen LogP contribution in [0.2, 0.25) is 5.02 Å². The van der Waals surface area contributed by atoms with Crippen molar-refractivity contribution < 1.29 is 4.79 Å². The summed E-state index contributed by atoms with van der Waals surface area (Å²) in [5, 5.41) is 6.31. The monoisotopic (exact) mass is 321 g/mol. The zero-order valence-corrected chi connectivity index (χ0v) is 13.2. The minimum atomic E-state index is -0.144. The Morgan fingerprint density at radius 2 is 2.24 bits per heavy atom. The van der Waals surface area contributed by atoms with Crippen LogP contribution >= 0.6 is 22.9 Å². The van der Waals surface area contributed by atoms with Gasteiger partial charge in [-0.05, 0) is 43.0 Å². The van der Waals surface area contributed by atoms with Crippen molar-refractivity contribution in [3.8, 4) is 0 Å². The Kier molecular flexibility index (Phi) is 3.97. The first kappa shape index (κ1) is 14.5. The lowest BCUT2D eigenvalue weighted by atomic mass is 10.1. The average molecular weight is 322 g/mol. The lowest BCUT2D eigenvalue weighted by Gasteiger charge is -2.10. The Hall–Kier alpha value is -1.43. The van der Waals surface area contributed by atoms with E-state index in [4.69, 9.17) is 17.3 Å². The molecule has 0 bridgehead atoms. The molecule has 4 nitrogen and oxygen atoms in total. The molecule has 2 atom stereocenters. The van der Waals surface area contributed by atoms with Gasteiger partial charge < -0.3 is 11.1 Å². The van der Waals surface area contributed by atoms with Gasteiger partial charge in [0, 0.05) is 16.4 Å². The zero-order chi connectivity index (χ0) is 15.0. The topological polar surface area (TPSA) is 68.0 Å². The van der Waals surface area contributed by atoms with Crippen LogP contribution in [0.25, 0.3) is 0 Å². The van der Waals surface area contributed by atoms with Crippen molar-refractivity contribution in [2.75, 3.05) is 0 Å². The molecule has 110 valence electrons. The largest absolute Gasteiger partial charge is 0.347 e. The molecule has 1 aliphatic carbocycles. The minimum absolute atomic E-state index is 0.103. The van der Waals surface area contributed by atoms with Crippen molar-refractivity contribution in [1.29, 1.82) is 0 Å². The number of carbonyl (C=O) groups excluding carboxylic acids is 1. The van der Waals surface area contributed by atoms with Gasteiger partial charge in [-0.2, -0.15) is 0 Å². The van der Waals surface area contributed by atoms with E-state index < -0.39 is 0 Å². The van der Waals surface area contributed by atoms with Crippen molar-refractivity contribution in [2.45, 2.75) is 31.8 Å². The molecule has 2 aromatic rings. The molecule has 1 aromatic carbocycles. The van der Waals surface area contributed by atoms with Crippen LogP contribution in [0, 0.1) is 0 Å². The highest BCUT2D eigenvalue weighted by Gasteiger charge is 2.24. The van der Waals surface area contributed by atoms with Gasteiger partial charge in [0.15, 0.2) is 0 Å². The summed E-state index contributed by atoms with van der Waals surface area (Å²) < 4.78 is 0. The molecule has 0 aliphatic heterocycles. The van der Waals surface area contributed by atoms with Gasteiger partial charge in [0.1, 0.15) is 10.7 Å². The van der Waals surface area contributed by atoms with Crippen molar-refractivity contribution >= 4 is 28.8 Å². The highest BCUT2D eigenvalue weighted by molar-refractivity contribution is 7.09. The number of amides is 1. The van der Waals surface area contributed by atoms with E-state index in [9.17, 15) is 4.79 Å². The highest BCUT2D eigenvalue weighted by Crippen LogP contribution is 2.25. The van der Waals surface area contributed by atoms with E-state index in [2.05, 4.69) is 10.3 Å². The minimum Gasteiger partial charge on any atom is -0.347 e. The van der Waals surface area contributed by atoms with Gasteiger partial charge in [-0.25, -0.2) is 4.98 Å². The molecule has 2 unspecified atom stereocenters. The number of carbonyl (C=O) groups is 1. The van der Waals surface area contributed by atoms with Crippen molar-refractivity contribution in [2.24, 2.45) is 5.73 Å². The third-order valence-electron chi connectivity index (χ3n) is 3.58. The normalized spacial score (nSPS) is 18.3. The third kappa shape index (κ3) is 3.10. The van der Waals surface area contributed by atoms with Gasteiger partial charge in [-0.15, -0.1) is 11.3 Å². The zero-order valence-electron chi connectivity index (χ0n) is 11.6. The number of hydrogen-bond donors (Lipinski definition) is 2. The maximum absolute atomic E-state index is 12.2. The van der Waals surface area contributed by atoms with Crippen molar-refractivity contribution in [1.82, 2.24) is 10.3 Å². The van der Waals surface area contributed by atoms with E-state index in [1.807, 2.05) is 25.1 Å². The van der Waals surface area contributed by atoms with E-state index in [0.29, 0.717) is 5.69 Å². The van der Waals surface area contributed by atoms with Crippen LogP contribution in [0.3, 0.4) is 0 Å². The SMILES string of the molecule is CC(N)c1nc(C(=O)NC2Cc3ccc(Cl)cc3C2)cs1. The fraction of sp³-hybridized carbons (Fsp3) is 0.333. The quantitative estimate of drug-likeness (QED) is 0.913. The first-order valence-corrected chi connectivity index (χ1v) is 8.08. The maximum Gasteiger partial charge on any atom is 0.270 e. The van der Waals surface area contributed by atoms with Crippen molar-refractivity contribution in [3.05, 3.63) is 50.4 Å². The Bertz CT molecular complexity index is 683. The van der Waals surface area contributed by atoms with Crippen LogP contribution < -0.4 is 11.1 Å². The number of hydrogen-bond acceptors (Lipinski definition) is 4. The molecule has 3 N–H and O–H groups in total. The van der Waals surface area contributed by atoms with Gasteiger partial charge in [0.05, 0.1) is 6.04 Å². The van der Waals surface area contributed by atoms with E-state index in [1.54, 1.807) is 5.38 Å². The predicted octanol–water partition coefficient (Wildman–Crippen LogP) is 2.71. The summed E-state index contributed by atoms with van der Waals surface area (Å²) in [6, 6.07) is 5.85. The molecule has 1 aromatic heterocycles. The lowest BCUT2D eigenvalue weighted by Crippen LogP contribution is -2.35. The van der Waals surface area contributed by atoms with Crippen LogP contribution in [-0.2, 0) is 12.8 Å². The second kappa shape index (κ2) is 5.75. The standard InChI is InChI=1S/C15H16ClN3OS/c1-8(17)15-19-13(7-21-15)14(20)18-12-5-9-2-3-11(16)4-10(9)6-12/h2-4,7-8,12H,5-6,17H2,1H3,(H,18,20). The molecular weight excluding hydrogens is 306 g/mol. The van der Waals surface area contributed by atoms with Crippen molar-refractivity contribution in [3.63, 3.8) is 0 Å². The average Bonchev–Trinajstić information content (AvgIpc) is 3.03. The molecule has 0 radical (unpaired) electrons. The third-order valence-corrected chi connectivity index (χ3v) is 4.86. The first-order valence-electron chi connectivity index (χ1n) is 6.82. The summed E-state index contributed by atoms with van der Waals surface area (Å²) in [5.41, 5.74) is 8.67. The number of halogens is 1. The molecule has 21 heavy (non-hydrogen) atoms. The summed E-state index contributed by atoms with van der Waals surface area (Å²) in [5.74, 6) is -0.137. The fourth-order valence-electron chi connectivity index (χ4n) is 2.55. The molecule has 0 saturated carbocycles. The lowest BCUT2D eigenvalue weighted by molar-refractivity contribution is 0.0934. The summed E-state index contributed by atoms with van der Waals surface area (Å²) in [6.45, 7) is 1.86. The number of thiazole rings is 1. The van der Waals surface area contributed by atoms with Gasteiger partial charge >= 0.3 is 0 Å². The number of aromatic nitrogens is 1. The molecule has 0 saturated heterocycles. The second-order valence-corrected chi connectivity index (χ2v) is 6.68. The van der Waals surface area contributed by atoms with E-state index in [0.717, 1.165) is 22.9 Å². The Labute approximate surface area is 132 Å². The number of fused-ring (bicyclic) bond motifs is 1. The summed E-state index contributed by atoms with van der Waals surface area (Å²) >= 11 is 7.42. The summed E-state index contributed by atoms with van der Waals surface area (Å²) in [7, 11) is 0. The fourth-order valence-corrected chi connectivity index (χ4v) is 3.50. The molecule has 1 heterocycles. The Morgan fingerprint density at radius 3 is 2.95 bits per heavy atom. The van der Waals surface area contributed by atoms with Crippen LogP contribution in [0.4, 0.5) is 0 Å². The Balaban J connectivity index is 1.66. The van der Waals surface area contributed by atoms with Crippen LogP contribution in [0.5, 0.6) is 0 Å². The highest BCUT2D eigenvalue weighted by atomic mass is 35.5. The van der Waals surface area contributed by atoms with E-state index in [1.165, 1.54) is 22.5 Å². The summed E-state index contributed by atoms with van der Waals surface area (Å²) in [4.78, 5) is 16.5. The first-order chi connectivity index (χ1) is 10.0. The van der Waals surface area contributed by atoms with Gasteiger partial charge in [-0.3, -0.25) is 4.79 Å². The molecule has 0 spiro atoms. The number of nitrogens with one attached hydrogen (secondary N) is 1. The Morgan fingerprint density at radius 1 is 1.48 bits per heavy atom. The number of benzene rings is 1. The second-order valence-electron chi connectivity index (χ2n) is 5.35. The predicted molar refractivity (Wildman–Crippen MR) is 84.8 cm³/mol. The van der Waals surface area contributed by atoms with Crippen LogP contribution in [0.1, 0.15) is 39.6 Å². The molecule has 1 amide bonds. The van der Waals surface area contributed by atoms with E-state index >= 15 is 0 Å². The smallest absolute Gasteiger partial charge is 0.270 e. The molecule has 6 heteroatoms. The number of nitrogens with zero attached hydrogens (tertiary/aromatic N) is 1. The number of nitrogens with two attached hydrogens (primary N) is 1. The number of rotatable bonds is 3. The molecule has 3 rings (SSSR count). The van der Waals surface area contributed by atoms with Gasteiger partial charge in [0.2, 0.25) is 0 Å². The molecule has 1 aliphatic rings. The maximum atomic E-state index is 12.2. The van der Waals surface area contributed by atoms with Crippen LogP contribution in [-0.4, -0.2) is 16.9 Å². The van der Waals surface area contributed by atoms with Gasteiger partial charge in [-0.1, -0.05) is 17.7 Å². The van der Waals surface area contributed by atoms with Gasteiger partial charge in [0.25, 0.3) is 5.91 Å². The van der Waals surface area contributed by atoms with Crippen LogP contribution in [0.15, 0.2) is 23.6 Å². The van der Waals surface area contributed by atoms with E-state index in [-0.39, 0.29) is 18.0 Å². The molecular formula is C15H16ClN3OS. The molecule has 0 fully saturated rings. The summed E-state index contributed by atoms with van der Waals surface area (Å²) in [6.07, 6.45) is 1.65.